The third-order valence-corrected chi connectivity index (χ3v) is 6.40. The van der Waals surface area contributed by atoms with Crippen LogP contribution in [0.1, 0.15) is 66.2 Å². The molecule has 0 bridgehead atoms. The molecule has 0 aromatic heterocycles. The number of amides is 5. The van der Waals surface area contributed by atoms with E-state index >= 15 is 0 Å². The molecule has 0 fully saturated rings. The van der Waals surface area contributed by atoms with Gasteiger partial charge in [-0.3, -0.25) is 34.0 Å². The molecule has 0 saturated heterocycles. The summed E-state index contributed by atoms with van der Waals surface area (Å²) in [6, 6.07) is -5.56. The molecule has 0 rings (SSSR count). The van der Waals surface area contributed by atoms with E-state index in [2.05, 4.69) is 31.3 Å². The fourth-order valence-corrected chi connectivity index (χ4v) is 4.15. The van der Waals surface area contributed by atoms with Gasteiger partial charge in [-0.2, -0.15) is 0 Å². The second kappa shape index (κ2) is 21.5. The minimum Gasteiger partial charge on any atom is -0.394 e. The van der Waals surface area contributed by atoms with Crippen LogP contribution in [0, 0.1) is 11.8 Å². The van der Waals surface area contributed by atoms with Crippen molar-refractivity contribution in [3.05, 3.63) is 0 Å². The van der Waals surface area contributed by atoms with Crippen LogP contribution in [0.3, 0.4) is 0 Å². The molecular formula is C27H54N12O6. The van der Waals surface area contributed by atoms with Crippen molar-refractivity contribution in [2.75, 3.05) is 19.7 Å². The summed E-state index contributed by atoms with van der Waals surface area (Å²) in [6.07, 6.45) is 1.35. The van der Waals surface area contributed by atoms with E-state index in [1.54, 1.807) is 0 Å². The largest absolute Gasteiger partial charge is 0.394 e. The molecule has 0 radical (unpaired) electrons. The highest BCUT2D eigenvalue weighted by atomic mass is 16.3. The quantitative estimate of drug-likeness (QED) is 0.0306. The summed E-state index contributed by atoms with van der Waals surface area (Å²) >= 11 is 0. The molecule has 18 nitrogen and oxygen atoms in total. The lowest BCUT2D eigenvalue weighted by atomic mass is 9.99. The van der Waals surface area contributed by atoms with E-state index in [9.17, 15) is 29.1 Å². The Morgan fingerprint density at radius 1 is 0.600 bits per heavy atom. The van der Waals surface area contributed by atoms with Crippen LogP contribution in [0.4, 0.5) is 0 Å². The molecule has 258 valence electrons. The van der Waals surface area contributed by atoms with Gasteiger partial charge in [-0.15, -0.1) is 0 Å². The fourth-order valence-electron chi connectivity index (χ4n) is 4.15. The van der Waals surface area contributed by atoms with Gasteiger partial charge in [0.15, 0.2) is 11.9 Å². The maximum absolute atomic E-state index is 13.5. The highest BCUT2D eigenvalue weighted by Gasteiger charge is 2.32. The van der Waals surface area contributed by atoms with E-state index in [0.717, 1.165) is 0 Å². The van der Waals surface area contributed by atoms with E-state index in [1.165, 1.54) is 0 Å². The lowest BCUT2D eigenvalue weighted by Gasteiger charge is -2.28. The molecule has 0 spiro atoms. The van der Waals surface area contributed by atoms with Gasteiger partial charge >= 0.3 is 0 Å². The zero-order valence-corrected chi connectivity index (χ0v) is 26.8. The number of nitrogens with one attached hydrogen (secondary N) is 4. The number of aliphatic hydroxyl groups is 1. The number of guanidine groups is 2. The van der Waals surface area contributed by atoms with Crippen LogP contribution in [-0.4, -0.2) is 96.5 Å². The monoisotopic (exact) mass is 642 g/mol. The summed E-state index contributed by atoms with van der Waals surface area (Å²) in [6.45, 7) is 7.17. The van der Waals surface area contributed by atoms with E-state index in [1.807, 2.05) is 27.7 Å². The maximum atomic E-state index is 13.5. The Morgan fingerprint density at radius 2 is 0.956 bits per heavy atom. The van der Waals surface area contributed by atoms with E-state index in [4.69, 9.17) is 34.4 Å². The van der Waals surface area contributed by atoms with Gasteiger partial charge in [0.1, 0.15) is 30.2 Å². The Labute approximate surface area is 264 Å². The number of primary amides is 1. The van der Waals surface area contributed by atoms with Crippen LogP contribution >= 0.6 is 0 Å². The van der Waals surface area contributed by atoms with Crippen molar-refractivity contribution >= 4 is 41.5 Å². The Hall–Kier alpha value is -4.19. The highest BCUT2D eigenvalue weighted by molar-refractivity contribution is 5.95. The maximum Gasteiger partial charge on any atom is 0.243 e. The molecule has 0 aliphatic heterocycles. The predicted molar refractivity (Wildman–Crippen MR) is 171 cm³/mol. The van der Waals surface area contributed by atoms with E-state index in [0.29, 0.717) is 12.8 Å². The number of aliphatic hydroxyl groups excluding tert-OH is 1. The van der Waals surface area contributed by atoms with Gasteiger partial charge < -0.3 is 60.8 Å². The summed E-state index contributed by atoms with van der Waals surface area (Å²) in [5, 5.41) is 19.7. The summed E-state index contributed by atoms with van der Waals surface area (Å²) < 4.78 is 0. The number of rotatable bonds is 22. The third-order valence-electron chi connectivity index (χ3n) is 6.40. The first-order valence-electron chi connectivity index (χ1n) is 15.0. The lowest BCUT2D eigenvalue weighted by molar-refractivity contribution is -0.135. The Bertz CT molecular complexity index is 1030. The van der Waals surface area contributed by atoms with Crippen molar-refractivity contribution in [3.63, 3.8) is 0 Å². The Kier molecular flexibility index (Phi) is 19.5. The first kappa shape index (κ1) is 40.8. The molecule has 0 aliphatic rings. The van der Waals surface area contributed by atoms with E-state index in [-0.39, 0.29) is 62.5 Å². The van der Waals surface area contributed by atoms with Gasteiger partial charge in [0.2, 0.25) is 29.5 Å². The molecular weight excluding hydrogens is 588 g/mol. The van der Waals surface area contributed by atoms with Crippen LogP contribution in [0.25, 0.3) is 0 Å². The smallest absolute Gasteiger partial charge is 0.243 e. The van der Waals surface area contributed by atoms with Crippen LogP contribution in [0.5, 0.6) is 0 Å². The van der Waals surface area contributed by atoms with E-state index < -0.39 is 66.4 Å². The van der Waals surface area contributed by atoms with Gasteiger partial charge in [-0.1, -0.05) is 27.7 Å². The summed E-state index contributed by atoms with van der Waals surface area (Å²) in [7, 11) is 0. The molecule has 5 atom stereocenters. The minimum atomic E-state index is -1.26. The predicted octanol–water partition coefficient (Wildman–Crippen LogP) is -4.07. The highest BCUT2D eigenvalue weighted by Crippen LogP contribution is 2.11. The molecule has 0 aromatic carbocycles. The lowest BCUT2D eigenvalue weighted by Crippen LogP contribution is -2.59. The fraction of sp³-hybridized carbons (Fsp3) is 0.741. The van der Waals surface area contributed by atoms with Crippen molar-refractivity contribution in [1.82, 2.24) is 21.3 Å². The first-order valence-corrected chi connectivity index (χ1v) is 15.0. The van der Waals surface area contributed by atoms with Crippen molar-refractivity contribution in [1.29, 1.82) is 0 Å². The van der Waals surface area contributed by atoms with Crippen LogP contribution in [0.2, 0.25) is 0 Å². The molecule has 0 unspecified atom stereocenters. The average molecular weight is 643 g/mol. The number of carbonyl (C=O) groups is 5. The first-order chi connectivity index (χ1) is 21.0. The standard InChI is InChI=1S/C27H54N12O6/c1-14(2)11-19(24(44)36-17(21(29)41)7-5-9-34-26(30)31)39-25(45)20(12-15(3)4)38-23(43)18(8-6-10-35-27(32)33)37-22(42)16(28)13-40/h14-20,40H,5-13,28H2,1-4H3,(H2,29,41)(H,36,44)(H,37,42)(H,38,43)(H,39,45)(H4,30,31,34)(H4,32,33,35)/t16-,17-,18-,19-,20-/m0/s1. The number of hydrogen-bond acceptors (Lipinski definition) is 9. The SMILES string of the molecule is CC(C)C[C@H](NC(=O)[C@H](CC(C)C)NC(=O)[C@H](CCCN=C(N)N)NC(=O)[C@@H](N)CO)C(=O)N[C@@H](CCCN=C(N)N)C(N)=O. The van der Waals surface area contributed by atoms with Gasteiger partial charge in [-0.05, 0) is 50.4 Å². The molecule has 0 aromatic rings. The summed E-state index contributed by atoms with van der Waals surface area (Å²) in [5.41, 5.74) is 32.4. The number of aliphatic imine (C=N–C) groups is 2. The van der Waals surface area contributed by atoms with Gasteiger partial charge in [0.25, 0.3) is 0 Å². The van der Waals surface area contributed by atoms with Crippen molar-refractivity contribution in [2.24, 2.45) is 56.2 Å². The van der Waals surface area contributed by atoms with Crippen LogP contribution in [-0.2, 0) is 24.0 Å². The van der Waals surface area contributed by atoms with Gasteiger partial charge in [0, 0.05) is 13.1 Å². The number of nitrogens with two attached hydrogens (primary N) is 6. The second-order valence-corrected chi connectivity index (χ2v) is 11.6. The molecule has 0 aliphatic carbocycles. The zero-order chi connectivity index (χ0) is 34.7. The van der Waals surface area contributed by atoms with Gasteiger partial charge in [0.05, 0.1) is 6.61 Å². The molecule has 5 amide bonds. The molecule has 18 heteroatoms. The molecule has 0 heterocycles. The van der Waals surface area contributed by atoms with Crippen LogP contribution in [0.15, 0.2) is 9.98 Å². The van der Waals surface area contributed by atoms with Crippen molar-refractivity contribution in [3.8, 4) is 0 Å². The summed E-state index contributed by atoms with van der Waals surface area (Å²) in [4.78, 5) is 72.2. The zero-order valence-electron chi connectivity index (χ0n) is 26.8. The number of carbonyl (C=O) groups excluding carboxylic acids is 5. The van der Waals surface area contributed by atoms with Crippen molar-refractivity contribution in [2.45, 2.75) is 96.4 Å². The number of nitrogens with zero attached hydrogens (tertiary/aromatic N) is 2. The topological polar surface area (TPSA) is 335 Å². The molecule has 45 heavy (non-hydrogen) atoms. The molecule has 0 saturated carbocycles. The molecule has 17 N–H and O–H groups in total. The normalized spacial score (nSPS) is 14.3. The Morgan fingerprint density at radius 3 is 1.31 bits per heavy atom. The Balaban J connectivity index is 5.87. The summed E-state index contributed by atoms with van der Waals surface area (Å²) in [5.74, 6) is -3.80. The number of hydrogen-bond donors (Lipinski definition) is 11. The van der Waals surface area contributed by atoms with Gasteiger partial charge in [-0.25, -0.2) is 0 Å². The second-order valence-electron chi connectivity index (χ2n) is 11.6. The van der Waals surface area contributed by atoms with Crippen LogP contribution < -0.4 is 55.7 Å². The average Bonchev–Trinajstić information content (AvgIpc) is 2.93. The van der Waals surface area contributed by atoms with Crippen molar-refractivity contribution < 1.29 is 29.1 Å². The third kappa shape index (κ3) is 18.3. The minimum absolute atomic E-state index is 0.0337.